The Kier molecular flexibility index (Phi) is 8.93. The zero-order valence-electron chi connectivity index (χ0n) is 20.8. The number of rotatable bonds is 9. The van der Waals surface area contributed by atoms with Gasteiger partial charge in [-0.15, -0.1) is 0 Å². The molecule has 0 aliphatic carbocycles. The molecule has 3 rings (SSSR count). The molecule has 0 saturated heterocycles. The van der Waals surface area contributed by atoms with Crippen LogP contribution < -0.4 is 5.32 Å². The summed E-state index contributed by atoms with van der Waals surface area (Å²) in [6, 6.07) is 13.9. The van der Waals surface area contributed by atoms with E-state index >= 15 is 0 Å². The standard InChI is InChI=1S/C28H29F6NO3/c1-17-10-23(20-6-4-3-5-7-20)25(26(38,28(32,33)34)16-27(29,30)31)24(18(17)2)13-35-12-19-8-9-21(14-36)22(11-19)15-37/h3-11,35-38H,12-16H2,1-2H3. The molecule has 0 amide bonds. The second-order valence-corrected chi connectivity index (χ2v) is 9.26. The number of aryl methyl sites for hydroxylation is 1. The zero-order valence-corrected chi connectivity index (χ0v) is 20.8. The summed E-state index contributed by atoms with van der Waals surface area (Å²) in [6.07, 6.45) is -13.4. The Bertz CT molecular complexity index is 1260. The highest BCUT2D eigenvalue weighted by atomic mass is 19.4. The SMILES string of the molecule is Cc1cc(-c2ccccc2)c(C(O)(CC(F)(F)F)C(F)(F)F)c(CNCc2ccc(CO)c(CO)c2)c1C. The molecule has 206 valence electrons. The van der Waals surface area contributed by atoms with Crippen LogP contribution in [-0.2, 0) is 31.9 Å². The molecule has 0 heterocycles. The van der Waals surface area contributed by atoms with Crippen molar-refractivity contribution in [3.05, 3.63) is 93.5 Å². The Morgan fingerprint density at radius 3 is 1.97 bits per heavy atom. The number of nitrogens with one attached hydrogen (secondary N) is 1. The van der Waals surface area contributed by atoms with Crippen LogP contribution in [0.5, 0.6) is 0 Å². The third-order valence-electron chi connectivity index (χ3n) is 6.64. The monoisotopic (exact) mass is 541 g/mol. The van der Waals surface area contributed by atoms with Crippen LogP contribution in [-0.4, -0.2) is 27.7 Å². The molecule has 0 aromatic heterocycles. The van der Waals surface area contributed by atoms with Crippen molar-refractivity contribution in [3.8, 4) is 11.1 Å². The lowest BCUT2D eigenvalue weighted by Crippen LogP contribution is -2.47. The Labute approximate surface area is 216 Å². The highest BCUT2D eigenvalue weighted by Crippen LogP contribution is 2.51. The van der Waals surface area contributed by atoms with Crippen molar-refractivity contribution in [2.75, 3.05) is 0 Å². The maximum atomic E-state index is 14.4. The summed E-state index contributed by atoms with van der Waals surface area (Å²) in [4.78, 5) is 0. The van der Waals surface area contributed by atoms with Crippen LogP contribution in [0.3, 0.4) is 0 Å². The molecule has 1 unspecified atom stereocenters. The fourth-order valence-corrected chi connectivity index (χ4v) is 4.57. The van der Waals surface area contributed by atoms with Crippen molar-refractivity contribution in [1.82, 2.24) is 5.32 Å². The maximum absolute atomic E-state index is 14.4. The molecule has 0 aliphatic rings. The number of hydrogen-bond donors (Lipinski definition) is 4. The van der Waals surface area contributed by atoms with Crippen LogP contribution in [0.25, 0.3) is 11.1 Å². The van der Waals surface area contributed by atoms with Gasteiger partial charge >= 0.3 is 12.4 Å². The summed E-state index contributed by atoms with van der Waals surface area (Å²) in [6.45, 7) is 2.38. The normalized spacial score (nSPS) is 14.0. The molecule has 38 heavy (non-hydrogen) atoms. The average Bonchev–Trinajstić information content (AvgIpc) is 2.84. The molecule has 0 radical (unpaired) electrons. The predicted octanol–water partition coefficient (Wildman–Crippen LogP) is 5.95. The van der Waals surface area contributed by atoms with Gasteiger partial charge in [0, 0.05) is 18.7 Å². The van der Waals surface area contributed by atoms with Gasteiger partial charge in [-0.1, -0.05) is 54.6 Å². The van der Waals surface area contributed by atoms with Gasteiger partial charge in [0.2, 0.25) is 0 Å². The third kappa shape index (κ3) is 6.37. The van der Waals surface area contributed by atoms with Crippen molar-refractivity contribution >= 4 is 0 Å². The van der Waals surface area contributed by atoms with Gasteiger partial charge in [-0.3, -0.25) is 0 Å². The van der Waals surface area contributed by atoms with Crippen LogP contribution in [0.15, 0.2) is 54.6 Å². The molecule has 4 nitrogen and oxygen atoms in total. The minimum Gasteiger partial charge on any atom is -0.392 e. The second-order valence-electron chi connectivity index (χ2n) is 9.26. The first-order valence-corrected chi connectivity index (χ1v) is 11.8. The fraction of sp³-hybridized carbons (Fsp3) is 0.357. The highest BCUT2D eigenvalue weighted by molar-refractivity contribution is 5.72. The first kappa shape index (κ1) is 29.6. The largest absolute Gasteiger partial charge is 0.421 e. The van der Waals surface area contributed by atoms with E-state index in [1.807, 2.05) is 0 Å². The predicted molar refractivity (Wildman–Crippen MR) is 131 cm³/mol. The molecule has 4 N–H and O–H groups in total. The van der Waals surface area contributed by atoms with Crippen molar-refractivity contribution in [3.63, 3.8) is 0 Å². The van der Waals surface area contributed by atoms with E-state index < -0.39 is 29.9 Å². The number of benzene rings is 3. The van der Waals surface area contributed by atoms with E-state index in [0.29, 0.717) is 27.8 Å². The van der Waals surface area contributed by atoms with Crippen LogP contribution in [0.2, 0.25) is 0 Å². The third-order valence-corrected chi connectivity index (χ3v) is 6.64. The topological polar surface area (TPSA) is 72.7 Å². The van der Waals surface area contributed by atoms with Gasteiger partial charge in [0.25, 0.3) is 0 Å². The molecular formula is C28H29F6NO3. The maximum Gasteiger partial charge on any atom is 0.421 e. The number of aliphatic hydroxyl groups excluding tert-OH is 2. The molecule has 10 heteroatoms. The lowest BCUT2D eigenvalue weighted by atomic mass is 9.78. The number of hydrogen-bond acceptors (Lipinski definition) is 4. The van der Waals surface area contributed by atoms with Crippen LogP contribution in [0.1, 0.15) is 45.4 Å². The van der Waals surface area contributed by atoms with Crippen LogP contribution in [0.4, 0.5) is 26.3 Å². The second kappa shape index (κ2) is 11.4. The van der Waals surface area contributed by atoms with E-state index in [1.54, 1.807) is 43.3 Å². The molecule has 0 saturated carbocycles. The summed E-state index contributed by atoms with van der Waals surface area (Å²) in [5.74, 6) is 0. The van der Waals surface area contributed by atoms with E-state index in [-0.39, 0.29) is 43.0 Å². The molecular weight excluding hydrogens is 512 g/mol. The van der Waals surface area contributed by atoms with Crippen molar-refractivity contribution < 1.29 is 41.7 Å². The lowest BCUT2D eigenvalue weighted by Gasteiger charge is -2.36. The van der Waals surface area contributed by atoms with E-state index in [9.17, 15) is 41.7 Å². The first-order chi connectivity index (χ1) is 17.7. The molecule has 0 spiro atoms. The molecule has 0 bridgehead atoms. The highest BCUT2D eigenvalue weighted by Gasteiger charge is 2.61. The Morgan fingerprint density at radius 2 is 1.42 bits per heavy atom. The van der Waals surface area contributed by atoms with Gasteiger partial charge in [-0.05, 0) is 58.4 Å². The minimum atomic E-state index is -5.63. The van der Waals surface area contributed by atoms with Gasteiger partial charge in [-0.2, -0.15) is 26.3 Å². The van der Waals surface area contributed by atoms with Gasteiger partial charge in [0.1, 0.15) is 0 Å². The van der Waals surface area contributed by atoms with E-state index in [4.69, 9.17) is 0 Å². The summed E-state index contributed by atoms with van der Waals surface area (Å²) in [7, 11) is 0. The zero-order chi connectivity index (χ0) is 28.3. The van der Waals surface area contributed by atoms with Gasteiger partial charge in [0.05, 0.1) is 19.6 Å². The smallest absolute Gasteiger partial charge is 0.392 e. The van der Waals surface area contributed by atoms with E-state index in [2.05, 4.69) is 5.32 Å². The quantitative estimate of drug-likeness (QED) is 0.253. The van der Waals surface area contributed by atoms with Crippen LogP contribution >= 0.6 is 0 Å². The summed E-state index contributed by atoms with van der Waals surface area (Å²) >= 11 is 0. The van der Waals surface area contributed by atoms with Gasteiger partial charge < -0.3 is 20.6 Å². The van der Waals surface area contributed by atoms with Crippen molar-refractivity contribution in [1.29, 1.82) is 0 Å². The van der Waals surface area contributed by atoms with Gasteiger partial charge in [-0.25, -0.2) is 0 Å². The fourth-order valence-electron chi connectivity index (χ4n) is 4.57. The number of alkyl halides is 6. The van der Waals surface area contributed by atoms with Crippen molar-refractivity contribution in [2.24, 2.45) is 0 Å². The molecule has 1 atom stereocenters. The number of aliphatic hydroxyl groups is 3. The number of halogens is 6. The molecule has 0 fully saturated rings. The van der Waals surface area contributed by atoms with Crippen LogP contribution in [0, 0.1) is 13.8 Å². The summed E-state index contributed by atoms with van der Waals surface area (Å²) in [5, 5.41) is 32.8. The summed E-state index contributed by atoms with van der Waals surface area (Å²) < 4.78 is 83.6. The Balaban J connectivity index is 2.16. The molecule has 0 aliphatic heterocycles. The van der Waals surface area contributed by atoms with Gasteiger partial charge in [0.15, 0.2) is 5.60 Å². The molecule has 3 aromatic rings. The average molecular weight is 542 g/mol. The first-order valence-electron chi connectivity index (χ1n) is 11.8. The van der Waals surface area contributed by atoms with E-state index in [1.165, 1.54) is 25.1 Å². The Hall–Kier alpha value is -2.92. The minimum absolute atomic E-state index is 0.0812. The van der Waals surface area contributed by atoms with Crippen molar-refractivity contribution in [2.45, 2.75) is 64.5 Å². The Morgan fingerprint density at radius 1 is 0.789 bits per heavy atom. The van der Waals surface area contributed by atoms with E-state index in [0.717, 1.165) is 0 Å². The lowest BCUT2D eigenvalue weighted by molar-refractivity contribution is -0.300. The summed E-state index contributed by atoms with van der Waals surface area (Å²) in [5.41, 5.74) is -2.50. The molecule has 3 aromatic carbocycles.